The minimum Gasteiger partial charge on any atom is -0.354 e. The smallest absolute Gasteiger partial charge is 0.244 e. The van der Waals surface area contributed by atoms with E-state index in [1.807, 2.05) is 71.0 Å². The summed E-state index contributed by atoms with van der Waals surface area (Å²) >= 11 is 0. The maximum Gasteiger partial charge on any atom is 0.244 e. The lowest BCUT2D eigenvalue weighted by Gasteiger charge is -2.33. The Kier molecular flexibility index (Phi) is 9.67. The highest BCUT2D eigenvalue weighted by atomic mass is 32.2. The molecule has 0 heterocycles. The standard InChI is InChI=1S/C26H37N3O4S/c1-7-15-27-26(31)23(8-2)28(17-22-12-10-9-11-20(22)4)25(30)18-29(34(6,32)33)24-14-13-19(3)16-21(24)5/h9-14,16,23H,7-8,15,17-18H2,1-6H3,(H,27,31)/t23-/m1/s1. The number of aryl methyl sites for hydroxylation is 3. The van der Waals surface area contributed by atoms with E-state index in [2.05, 4.69) is 5.32 Å². The average molecular weight is 488 g/mol. The summed E-state index contributed by atoms with van der Waals surface area (Å²) in [6.45, 7) is 9.87. The molecule has 34 heavy (non-hydrogen) atoms. The molecule has 186 valence electrons. The summed E-state index contributed by atoms with van der Waals surface area (Å²) in [4.78, 5) is 28.2. The number of hydrogen-bond donors (Lipinski definition) is 1. The molecule has 7 nitrogen and oxygen atoms in total. The Morgan fingerprint density at radius 3 is 2.24 bits per heavy atom. The van der Waals surface area contributed by atoms with Crippen molar-refractivity contribution >= 4 is 27.5 Å². The number of benzene rings is 2. The number of anilines is 1. The topological polar surface area (TPSA) is 86.8 Å². The van der Waals surface area contributed by atoms with Crippen LogP contribution in [0.15, 0.2) is 42.5 Å². The van der Waals surface area contributed by atoms with Crippen LogP contribution >= 0.6 is 0 Å². The second kappa shape index (κ2) is 12.0. The van der Waals surface area contributed by atoms with Crippen molar-refractivity contribution in [2.45, 2.75) is 60.0 Å². The molecule has 0 aliphatic heterocycles. The largest absolute Gasteiger partial charge is 0.354 e. The highest BCUT2D eigenvalue weighted by Crippen LogP contribution is 2.24. The van der Waals surface area contributed by atoms with Crippen LogP contribution in [0.3, 0.4) is 0 Å². The van der Waals surface area contributed by atoms with Crippen molar-refractivity contribution in [2.24, 2.45) is 0 Å². The van der Waals surface area contributed by atoms with Crippen molar-refractivity contribution in [3.8, 4) is 0 Å². The van der Waals surface area contributed by atoms with E-state index in [1.165, 1.54) is 4.90 Å². The summed E-state index contributed by atoms with van der Waals surface area (Å²) in [6.07, 6.45) is 2.29. The van der Waals surface area contributed by atoms with Gasteiger partial charge in [0.05, 0.1) is 11.9 Å². The maximum atomic E-state index is 13.7. The molecule has 0 saturated heterocycles. The van der Waals surface area contributed by atoms with Crippen LogP contribution in [0.4, 0.5) is 5.69 Å². The van der Waals surface area contributed by atoms with Crippen LogP contribution in [0.1, 0.15) is 48.9 Å². The third kappa shape index (κ3) is 7.06. The van der Waals surface area contributed by atoms with E-state index >= 15 is 0 Å². The molecule has 0 aliphatic carbocycles. The lowest BCUT2D eigenvalue weighted by atomic mass is 10.1. The number of nitrogens with zero attached hydrogens (tertiary/aromatic N) is 2. The molecule has 1 atom stereocenters. The second-order valence-electron chi connectivity index (χ2n) is 8.72. The van der Waals surface area contributed by atoms with Crippen LogP contribution < -0.4 is 9.62 Å². The zero-order valence-corrected chi connectivity index (χ0v) is 21.9. The molecule has 0 fully saturated rings. The number of rotatable bonds is 11. The maximum absolute atomic E-state index is 13.7. The summed E-state index contributed by atoms with van der Waals surface area (Å²) < 4.78 is 26.6. The molecule has 2 aromatic carbocycles. The minimum atomic E-state index is -3.74. The van der Waals surface area contributed by atoms with Crippen LogP contribution in [0, 0.1) is 20.8 Å². The molecule has 2 rings (SSSR count). The van der Waals surface area contributed by atoms with Crippen molar-refractivity contribution in [3.63, 3.8) is 0 Å². The number of hydrogen-bond acceptors (Lipinski definition) is 4. The van der Waals surface area contributed by atoms with Crippen LogP contribution in [0.2, 0.25) is 0 Å². The Balaban J connectivity index is 2.47. The van der Waals surface area contributed by atoms with E-state index in [4.69, 9.17) is 0 Å². The SMILES string of the molecule is CCCNC(=O)[C@@H](CC)N(Cc1ccccc1C)C(=O)CN(c1ccc(C)cc1C)S(C)(=O)=O. The number of sulfonamides is 1. The third-order valence-electron chi connectivity index (χ3n) is 5.84. The summed E-state index contributed by atoms with van der Waals surface area (Å²) in [6, 6.07) is 12.4. The predicted octanol–water partition coefficient (Wildman–Crippen LogP) is 3.71. The molecule has 2 aromatic rings. The predicted molar refractivity (Wildman–Crippen MR) is 137 cm³/mol. The Bertz CT molecular complexity index is 1110. The van der Waals surface area contributed by atoms with E-state index in [0.29, 0.717) is 18.7 Å². The average Bonchev–Trinajstić information content (AvgIpc) is 2.76. The summed E-state index contributed by atoms with van der Waals surface area (Å²) in [5.74, 6) is -0.657. The fourth-order valence-electron chi connectivity index (χ4n) is 3.94. The first kappa shape index (κ1) is 27.4. The molecule has 0 aliphatic rings. The molecule has 0 unspecified atom stereocenters. The normalized spacial score (nSPS) is 12.2. The number of carbonyl (C=O) groups excluding carboxylic acids is 2. The van der Waals surface area contributed by atoms with Gasteiger partial charge in [0.1, 0.15) is 12.6 Å². The van der Waals surface area contributed by atoms with Gasteiger partial charge in [0.2, 0.25) is 21.8 Å². The zero-order chi connectivity index (χ0) is 25.5. The number of carbonyl (C=O) groups is 2. The summed E-state index contributed by atoms with van der Waals surface area (Å²) in [5, 5.41) is 2.89. The van der Waals surface area contributed by atoms with Gasteiger partial charge in [-0.3, -0.25) is 13.9 Å². The van der Waals surface area contributed by atoms with Crippen LogP contribution in [-0.2, 0) is 26.2 Å². The molecular weight excluding hydrogens is 450 g/mol. The van der Waals surface area contributed by atoms with Gasteiger partial charge in [0.25, 0.3) is 0 Å². The van der Waals surface area contributed by atoms with Crippen molar-refractivity contribution in [3.05, 3.63) is 64.7 Å². The molecule has 0 spiro atoms. The number of amides is 2. The van der Waals surface area contributed by atoms with Gasteiger partial charge in [-0.15, -0.1) is 0 Å². The molecule has 8 heteroatoms. The van der Waals surface area contributed by atoms with Gasteiger partial charge in [0.15, 0.2) is 0 Å². The first-order chi connectivity index (χ1) is 16.0. The van der Waals surface area contributed by atoms with E-state index in [1.54, 1.807) is 6.07 Å². The van der Waals surface area contributed by atoms with Gasteiger partial charge in [-0.1, -0.05) is 55.8 Å². The molecular formula is C26H37N3O4S. The van der Waals surface area contributed by atoms with Gasteiger partial charge in [0, 0.05) is 13.1 Å². The van der Waals surface area contributed by atoms with Crippen LogP contribution in [0.25, 0.3) is 0 Å². The van der Waals surface area contributed by atoms with Crippen molar-refractivity contribution < 1.29 is 18.0 Å². The zero-order valence-electron chi connectivity index (χ0n) is 21.1. The first-order valence-electron chi connectivity index (χ1n) is 11.7. The van der Waals surface area contributed by atoms with E-state index in [-0.39, 0.29) is 19.0 Å². The fourth-order valence-corrected chi connectivity index (χ4v) is 4.84. The van der Waals surface area contributed by atoms with Crippen molar-refractivity contribution in [1.29, 1.82) is 0 Å². The van der Waals surface area contributed by atoms with Gasteiger partial charge in [-0.05, 0) is 56.4 Å². The highest BCUT2D eigenvalue weighted by molar-refractivity contribution is 7.92. The molecule has 0 saturated carbocycles. The van der Waals surface area contributed by atoms with E-state index in [9.17, 15) is 18.0 Å². The Labute approximate surface area is 204 Å². The monoisotopic (exact) mass is 487 g/mol. The Hall–Kier alpha value is -2.87. The Morgan fingerprint density at radius 2 is 1.68 bits per heavy atom. The summed E-state index contributed by atoms with van der Waals surface area (Å²) in [7, 11) is -3.74. The van der Waals surface area contributed by atoms with Gasteiger partial charge < -0.3 is 10.2 Å². The molecule has 0 bridgehead atoms. The molecule has 2 amide bonds. The van der Waals surface area contributed by atoms with Gasteiger partial charge in [-0.25, -0.2) is 8.42 Å². The lowest BCUT2D eigenvalue weighted by Crippen LogP contribution is -2.52. The lowest BCUT2D eigenvalue weighted by molar-refractivity contribution is -0.140. The van der Waals surface area contributed by atoms with Crippen LogP contribution in [-0.4, -0.2) is 50.5 Å². The quantitative estimate of drug-likeness (QED) is 0.523. The summed E-state index contributed by atoms with van der Waals surface area (Å²) in [5.41, 5.74) is 4.13. The molecule has 0 radical (unpaired) electrons. The molecule has 1 N–H and O–H groups in total. The van der Waals surface area contributed by atoms with Gasteiger partial charge in [-0.2, -0.15) is 0 Å². The van der Waals surface area contributed by atoms with Crippen molar-refractivity contribution in [2.75, 3.05) is 23.7 Å². The van der Waals surface area contributed by atoms with Crippen LogP contribution in [0.5, 0.6) is 0 Å². The van der Waals surface area contributed by atoms with Gasteiger partial charge >= 0.3 is 0 Å². The third-order valence-corrected chi connectivity index (χ3v) is 6.96. The highest BCUT2D eigenvalue weighted by Gasteiger charge is 2.32. The number of nitrogens with one attached hydrogen (secondary N) is 1. The molecule has 0 aromatic heterocycles. The van der Waals surface area contributed by atoms with E-state index in [0.717, 1.165) is 39.2 Å². The fraction of sp³-hybridized carbons (Fsp3) is 0.462. The second-order valence-corrected chi connectivity index (χ2v) is 10.6. The van der Waals surface area contributed by atoms with Crippen molar-refractivity contribution in [1.82, 2.24) is 10.2 Å². The minimum absolute atomic E-state index is 0.216. The van der Waals surface area contributed by atoms with E-state index < -0.39 is 22.0 Å². The Morgan fingerprint density at radius 1 is 1.00 bits per heavy atom. The first-order valence-corrected chi connectivity index (χ1v) is 13.5.